The maximum Gasteiger partial charge on any atom is 0.310 e. The first kappa shape index (κ1) is 14.8. The molecule has 0 saturated carbocycles. The number of rotatable bonds is 3. The second-order valence-corrected chi connectivity index (χ2v) is 6.25. The summed E-state index contributed by atoms with van der Waals surface area (Å²) in [6.45, 7) is 3.20. The van der Waals surface area contributed by atoms with Gasteiger partial charge < -0.3 is 9.64 Å². The Hall–Kier alpha value is -1.62. The van der Waals surface area contributed by atoms with Gasteiger partial charge in [-0.15, -0.1) is 11.3 Å². The molecule has 1 fully saturated rings. The predicted octanol–water partition coefficient (Wildman–Crippen LogP) is 2.48. The Bertz CT molecular complexity index is 521. The van der Waals surface area contributed by atoms with Crippen molar-refractivity contribution in [2.24, 2.45) is 5.92 Å². The van der Waals surface area contributed by atoms with Crippen LogP contribution >= 0.6 is 11.3 Å². The molecule has 0 aromatic carbocycles. The fraction of sp³-hybridized carbons (Fsp3) is 0.467. The number of esters is 1. The van der Waals surface area contributed by atoms with E-state index < -0.39 is 0 Å². The molecule has 5 heteroatoms. The van der Waals surface area contributed by atoms with Gasteiger partial charge in [0.05, 0.1) is 13.0 Å². The second kappa shape index (κ2) is 6.70. The molecule has 0 unspecified atom stereocenters. The lowest BCUT2D eigenvalue weighted by atomic mass is 9.98. The molecule has 1 aliphatic heterocycles. The quantitative estimate of drug-likeness (QED) is 0.635. The molecule has 20 heavy (non-hydrogen) atoms. The van der Waals surface area contributed by atoms with Crippen molar-refractivity contribution >= 4 is 29.3 Å². The smallest absolute Gasteiger partial charge is 0.310 e. The summed E-state index contributed by atoms with van der Waals surface area (Å²) < 4.78 is 4.76. The van der Waals surface area contributed by atoms with Crippen LogP contribution in [0.1, 0.15) is 22.6 Å². The van der Waals surface area contributed by atoms with E-state index in [0.717, 1.165) is 17.7 Å². The molecular weight excluding hydrogens is 274 g/mol. The molecule has 0 radical (unpaired) electrons. The molecule has 1 atom stereocenters. The third kappa shape index (κ3) is 3.70. The summed E-state index contributed by atoms with van der Waals surface area (Å²) in [4.78, 5) is 27.7. The molecule has 1 amide bonds. The van der Waals surface area contributed by atoms with Crippen molar-refractivity contribution in [2.45, 2.75) is 19.8 Å². The molecular formula is C15H19NO3S. The normalized spacial score (nSPS) is 19.3. The zero-order chi connectivity index (χ0) is 14.5. The van der Waals surface area contributed by atoms with E-state index in [1.165, 1.54) is 12.0 Å². The van der Waals surface area contributed by atoms with Gasteiger partial charge in [-0.25, -0.2) is 0 Å². The summed E-state index contributed by atoms with van der Waals surface area (Å²) in [6.07, 6.45) is 5.06. The largest absolute Gasteiger partial charge is 0.469 e. The molecule has 0 spiro atoms. The lowest BCUT2D eigenvalue weighted by molar-refractivity contribution is -0.148. The first-order valence-electron chi connectivity index (χ1n) is 6.71. The maximum atomic E-state index is 12.1. The summed E-state index contributed by atoms with van der Waals surface area (Å²) >= 11 is 1.65. The van der Waals surface area contributed by atoms with Crippen molar-refractivity contribution in [1.29, 1.82) is 0 Å². The molecule has 4 nitrogen and oxygen atoms in total. The van der Waals surface area contributed by atoms with E-state index in [1.807, 2.05) is 25.1 Å². The fourth-order valence-corrected chi connectivity index (χ4v) is 3.12. The average Bonchev–Trinajstić information content (AvgIpc) is 2.89. The number of thiophene rings is 1. The van der Waals surface area contributed by atoms with Crippen LogP contribution in [0.15, 0.2) is 18.2 Å². The average molecular weight is 293 g/mol. The Balaban J connectivity index is 1.95. The minimum Gasteiger partial charge on any atom is -0.469 e. The number of carbonyl (C=O) groups is 2. The van der Waals surface area contributed by atoms with Gasteiger partial charge in [0.25, 0.3) is 0 Å². The van der Waals surface area contributed by atoms with Gasteiger partial charge in [-0.3, -0.25) is 9.59 Å². The van der Waals surface area contributed by atoms with Gasteiger partial charge >= 0.3 is 5.97 Å². The topological polar surface area (TPSA) is 46.6 Å². The van der Waals surface area contributed by atoms with Crippen LogP contribution in [0.4, 0.5) is 0 Å². The molecule has 108 valence electrons. The number of ether oxygens (including phenoxy) is 1. The SMILES string of the molecule is COC(=O)[C@H]1CCCN(C(=O)/C=C/c2ccc(C)s2)C1. The molecule has 0 bridgehead atoms. The van der Waals surface area contributed by atoms with Gasteiger partial charge in [-0.05, 0) is 38.0 Å². The zero-order valence-electron chi connectivity index (χ0n) is 11.8. The van der Waals surface area contributed by atoms with Crippen LogP contribution in [0.3, 0.4) is 0 Å². The number of nitrogens with zero attached hydrogens (tertiary/aromatic N) is 1. The number of hydrogen-bond donors (Lipinski definition) is 0. The summed E-state index contributed by atoms with van der Waals surface area (Å²) in [5.74, 6) is -0.444. The zero-order valence-corrected chi connectivity index (χ0v) is 12.6. The summed E-state index contributed by atoms with van der Waals surface area (Å²) in [5, 5.41) is 0. The van der Waals surface area contributed by atoms with E-state index in [0.29, 0.717) is 13.1 Å². The van der Waals surface area contributed by atoms with E-state index in [2.05, 4.69) is 0 Å². The predicted molar refractivity (Wildman–Crippen MR) is 79.4 cm³/mol. The van der Waals surface area contributed by atoms with E-state index in [-0.39, 0.29) is 17.8 Å². The molecule has 0 aliphatic carbocycles. The lowest BCUT2D eigenvalue weighted by Gasteiger charge is -2.30. The Morgan fingerprint density at radius 1 is 1.45 bits per heavy atom. The number of aryl methyl sites for hydroxylation is 1. The van der Waals surface area contributed by atoms with E-state index in [9.17, 15) is 9.59 Å². The molecule has 1 aromatic rings. The number of amides is 1. The highest BCUT2D eigenvalue weighted by atomic mass is 32.1. The van der Waals surface area contributed by atoms with Crippen LogP contribution in [-0.2, 0) is 14.3 Å². The Morgan fingerprint density at radius 2 is 2.25 bits per heavy atom. The number of piperidine rings is 1. The first-order chi connectivity index (χ1) is 9.60. The van der Waals surface area contributed by atoms with Crippen molar-refractivity contribution in [3.05, 3.63) is 28.0 Å². The second-order valence-electron chi connectivity index (χ2n) is 4.93. The van der Waals surface area contributed by atoms with Gasteiger partial charge in [0.2, 0.25) is 5.91 Å². The third-order valence-corrected chi connectivity index (χ3v) is 4.38. The van der Waals surface area contributed by atoms with E-state index in [1.54, 1.807) is 22.3 Å². The molecule has 1 saturated heterocycles. The number of hydrogen-bond acceptors (Lipinski definition) is 4. The van der Waals surface area contributed by atoms with Crippen molar-refractivity contribution in [1.82, 2.24) is 4.90 Å². The van der Waals surface area contributed by atoms with Crippen LogP contribution in [0.25, 0.3) is 6.08 Å². The standard InChI is InChI=1S/C15H19NO3S/c1-11-5-6-13(20-11)7-8-14(17)16-9-3-4-12(10-16)15(18)19-2/h5-8,12H,3-4,9-10H2,1-2H3/b8-7+/t12-/m0/s1. The van der Waals surface area contributed by atoms with Gasteiger partial charge in [0.1, 0.15) is 0 Å². The number of methoxy groups -OCH3 is 1. The Labute approximate surface area is 123 Å². The van der Waals surface area contributed by atoms with Crippen molar-refractivity contribution in [3.63, 3.8) is 0 Å². The van der Waals surface area contributed by atoms with Crippen LogP contribution in [0.2, 0.25) is 0 Å². The van der Waals surface area contributed by atoms with Gasteiger partial charge in [-0.1, -0.05) is 0 Å². The third-order valence-electron chi connectivity index (χ3n) is 3.42. The van der Waals surface area contributed by atoms with Gasteiger partial charge in [0.15, 0.2) is 0 Å². The molecule has 2 rings (SSSR count). The number of carbonyl (C=O) groups excluding carboxylic acids is 2. The Kier molecular flexibility index (Phi) is 4.95. The fourth-order valence-electron chi connectivity index (χ4n) is 2.34. The first-order valence-corrected chi connectivity index (χ1v) is 7.53. The van der Waals surface area contributed by atoms with Crippen molar-refractivity contribution in [3.8, 4) is 0 Å². The summed E-state index contributed by atoms with van der Waals surface area (Å²) in [5.41, 5.74) is 0. The molecule has 1 aromatic heterocycles. The highest BCUT2D eigenvalue weighted by Gasteiger charge is 2.28. The summed E-state index contributed by atoms with van der Waals surface area (Å²) in [7, 11) is 1.39. The highest BCUT2D eigenvalue weighted by molar-refractivity contribution is 7.12. The van der Waals surface area contributed by atoms with Gasteiger partial charge in [0, 0.05) is 28.9 Å². The van der Waals surface area contributed by atoms with Crippen LogP contribution in [0.5, 0.6) is 0 Å². The van der Waals surface area contributed by atoms with Crippen LogP contribution < -0.4 is 0 Å². The van der Waals surface area contributed by atoms with Crippen LogP contribution in [-0.4, -0.2) is 37.0 Å². The lowest BCUT2D eigenvalue weighted by Crippen LogP contribution is -2.41. The minimum atomic E-state index is -0.222. The van der Waals surface area contributed by atoms with Crippen LogP contribution in [0, 0.1) is 12.8 Å². The molecule has 1 aliphatic rings. The Morgan fingerprint density at radius 3 is 2.90 bits per heavy atom. The summed E-state index contributed by atoms with van der Waals surface area (Å²) in [6, 6.07) is 4.03. The highest BCUT2D eigenvalue weighted by Crippen LogP contribution is 2.19. The number of likely N-dealkylation sites (tertiary alicyclic amines) is 1. The maximum absolute atomic E-state index is 12.1. The van der Waals surface area contributed by atoms with E-state index >= 15 is 0 Å². The van der Waals surface area contributed by atoms with Crippen molar-refractivity contribution in [2.75, 3.05) is 20.2 Å². The monoisotopic (exact) mass is 293 g/mol. The van der Waals surface area contributed by atoms with Crippen molar-refractivity contribution < 1.29 is 14.3 Å². The molecule has 0 N–H and O–H groups in total. The minimum absolute atomic E-state index is 0.0374. The molecule has 2 heterocycles. The van der Waals surface area contributed by atoms with E-state index in [4.69, 9.17) is 4.74 Å². The van der Waals surface area contributed by atoms with Gasteiger partial charge in [-0.2, -0.15) is 0 Å².